The van der Waals surface area contributed by atoms with E-state index in [0.717, 1.165) is 11.3 Å². The zero-order chi connectivity index (χ0) is 17.1. The molecule has 0 radical (unpaired) electrons. The molecule has 1 heterocycles. The highest BCUT2D eigenvalue weighted by Gasteiger charge is 2.32. The van der Waals surface area contributed by atoms with Gasteiger partial charge in [-0.25, -0.2) is 0 Å². The number of ether oxygens (including phenoxy) is 1. The Bertz CT molecular complexity index is 758. The van der Waals surface area contributed by atoms with E-state index in [2.05, 4.69) is 5.32 Å². The largest absolute Gasteiger partial charge is 0.494 e. The van der Waals surface area contributed by atoms with Crippen molar-refractivity contribution in [1.82, 2.24) is 5.32 Å². The number of nitrogens with two attached hydrogens (primary N) is 1. The van der Waals surface area contributed by atoms with E-state index in [1.807, 2.05) is 43.3 Å². The Hall–Kier alpha value is -3.02. The predicted molar refractivity (Wildman–Crippen MR) is 90.8 cm³/mol. The predicted octanol–water partition coefficient (Wildman–Crippen LogP) is 1.82. The Morgan fingerprint density at radius 2 is 1.92 bits per heavy atom. The molecule has 24 heavy (non-hydrogen) atoms. The molecule has 0 spiro atoms. The second-order valence-corrected chi connectivity index (χ2v) is 5.49. The maximum atomic E-state index is 12.4. The standard InChI is InChI=1S/C18H19N3O3/c1-2-24-13-9-7-12(8-10-13)17-20-18(23)14-5-3-4-6-15(14)21(17)11-16(19)22/h3-10,17H,2,11H2,1H3,(H2,19,22)(H,20,23)/t17-/m0/s1. The Morgan fingerprint density at radius 1 is 1.21 bits per heavy atom. The number of amides is 2. The van der Waals surface area contributed by atoms with Crippen LogP contribution in [0.15, 0.2) is 48.5 Å². The highest BCUT2D eigenvalue weighted by molar-refractivity contribution is 6.02. The minimum absolute atomic E-state index is 0.00910. The molecule has 0 saturated heterocycles. The van der Waals surface area contributed by atoms with Crippen molar-refractivity contribution in [2.75, 3.05) is 18.1 Å². The minimum Gasteiger partial charge on any atom is -0.494 e. The molecule has 6 heteroatoms. The van der Waals surface area contributed by atoms with Crippen LogP contribution in [-0.4, -0.2) is 25.0 Å². The van der Waals surface area contributed by atoms with E-state index >= 15 is 0 Å². The molecule has 2 aromatic rings. The van der Waals surface area contributed by atoms with E-state index in [9.17, 15) is 9.59 Å². The lowest BCUT2D eigenvalue weighted by Gasteiger charge is -2.38. The van der Waals surface area contributed by atoms with Crippen molar-refractivity contribution in [2.45, 2.75) is 13.1 Å². The van der Waals surface area contributed by atoms with E-state index < -0.39 is 12.1 Å². The van der Waals surface area contributed by atoms with Gasteiger partial charge in [0.1, 0.15) is 11.9 Å². The molecule has 0 fully saturated rings. The molecule has 0 saturated carbocycles. The van der Waals surface area contributed by atoms with Gasteiger partial charge in [0.25, 0.3) is 5.91 Å². The summed E-state index contributed by atoms with van der Waals surface area (Å²) in [7, 11) is 0. The van der Waals surface area contributed by atoms with Crippen molar-refractivity contribution >= 4 is 17.5 Å². The second-order valence-electron chi connectivity index (χ2n) is 5.49. The van der Waals surface area contributed by atoms with Crippen LogP contribution in [0.3, 0.4) is 0 Å². The molecule has 0 unspecified atom stereocenters. The van der Waals surface area contributed by atoms with E-state index in [0.29, 0.717) is 17.9 Å². The van der Waals surface area contributed by atoms with Crippen LogP contribution in [0.4, 0.5) is 5.69 Å². The first kappa shape index (κ1) is 15.9. The molecule has 0 aromatic heterocycles. The fourth-order valence-electron chi connectivity index (χ4n) is 2.86. The molecule has 0 bridgehead atoms. The molecule has 124 valence electrons. The van der Waals surface area contributed by atoms with Gasteiger partial charge in [0, 0.05) is 0 Å². The number of rotatable bonds is 5. The maximum absolute atomic E-state index is 12.4. The molecule has 2 aromatic carbocycles. The Kier molecular flexibility index (Phi) is 4.37. The number of carbonyl (C=O) groups is 2. The van der Waals surface area contributed by atoms with Gasteiger partial charge in [-0.1, -0.05) is 24.3 Å². The number of anilines is 1. The lowest BCUT2D eigenvalue weighted by molar-refractivity contribution is -0.116. The van der Waals surface area contributed by atoms with Crippen molar-refractivity contribution in [3.63, 3.8) is 0 Å². The number of benzene rings is 2. The number of primary amides is 1. The third-order valence-electron chi connectivity index (χ3n) is 3.87. The highest BCUT2D eigenvalue weighted by Crippen LogP contribution is 2.33. The lowest BCUT2D eigenvalue weighted by Crippen LogP contribution is -2.49. The first-order valence-electron chi connectivity index (χ1n) is 7.77. The first-order chi connectivity index (χ1) is 11.6. The fourth-order valence-corrected chi connectivity index (χ4v) is 2.86. The van der Waals surface area contributed by atoms with Gasteiger partial charge in [0.2, 0.25) is 5.91 Å². The average Bonchev–Trinajstić information content (AvgIpc) is 2.58. The summed E-state index contributed by atoms with van der Waals surface area (Å²) >= 11 is 0. The van der Waals surface area contributed by atoms with Gasteiger partial charge in [0.05, 0.1) is 24.4 Å². The van der Waals surface area contributed by atoms with Crippen LogP contribution in [0.2, 0.25) is 0 Å². The van der Waals surface area contributed by atoms with E-state index in [-0.39, 0.29) is 12.5 Å². The summed E-state index contributed by atoms with van der Waals surface area (Å²) in [5.41, 5.74) is 7.48. The van der Waals surface area contributed by atoms with Crippen molar-refractivity contribution < 1.29 is 14.3 Å². The van der Waals surface area contributed by atoms with E-state index in [1.165, 1.54) is 0 Å². The van der Waals surface area contributed by atoms with Crippen LogP contribution in [-0.2, 0) is 4.79 Å². The smallest absolute Gasteiger partial charge is 0.255 e. The number of carbonyl (C=O) groups excluding carboxylic acids is 2. The quantitative estimate of drug-likeness (QED) is 0.878. The summed E-state index contributed by atoms with van der Waals surface area (Å²) in [6.45, 7) is 2.51. The van der Waals surface area contributed by atoms with Crippen molar-refractivity contribution in [1.29, 1.82) is 0 Å². The van der Waals surface area contributed by atoms with Gasteiger partial charge >= 0.3 is 0 Å². The van der Waals surface area contributed by atoms with Gasteiger partial charge in [0.15, 0.2) is 0 Å². The molecule has 3 N–H and O–H groups in total. The highest BCUT2D eigenvalue weighted by atomic mass is 16.5. The summed E-state index contributed by atoms with van der Waals surface area (Å²) < 4.78 is 5.44. The first-order valence-corrected chi connectivity index (χ1v) is 7.77. The average molecular weight is 325 g/mol. The molecule has 1 aliphatic rings. The number of nitrogens with zero attached hydrogens (tertiary/aromatic N) is 1. The van der Waals surface area contributed by atoms with Gasteiger partial charge in [-0.2, -0.15) is 0 Å². The van der Waals surface area contributed by atoms with Gasteiger partial charge in [-0.3, -0.25) is 9.59 Å². The number of hydrogen-bond donors (Lipinski definition) is 2. The van der Waals surface area contributed by atoms with Gasteiger partial charge in [-0.05, 0) is 36.8 Å². The van der Waals surface area contributed by atoms with Crippen molar-refractivity contribution in [3.8, 4) is 5.75 Å². The van der Waals surface area contributed by atoms with Crippen LogP contribution in [0.5, 0.6) is 5.75 Å². The summed E-state index contributed by atoms with van der Waals surface area (Å²) in [6.07, 6.45) is -0.462. The van der Waals surface area contributed by atoms with Gasteiger partial charge in [-0.15, -0.1) is 0 Å². The molecule has 1 aliphatic heterocycles. The van der Waals surface area contributed by atoms with Crippen LogP contribution < -0.4 is 20.7 Å². The molecule has 1 atom stereocenters. The van der Waals surface area contributed by atoms with Crippen LogP contribution in [0, 0.1) is 0 Å². The zero-order valence-electron chi connectivity index (χ0n) is 13.4. The van der Waals surface area contributed by atoms with Crippen molar-refractivity contribution in [2.24, 2.45) is 5.73 Å². The minimum atomic E-state index is -0.462. The Labute approximate surface area is 140 Å². The van der Waals surface area contributed by atoms with Crippen LogP contribution in [0.25, 0.3) is 0 Å². The zero-order valence-corrected chi connectivity index (χ0v) is 13.4. The fraction of sp³-hybridized carbons (Fsp3) is 0.222. The molecular formula is C18H19N3O3. The molecule has 6 nitrogen and oxygen atoms in total. The van der Waals surface area contributed by atoms with Crippen LogP contribution >= 0.6 is 0 Å². The molecular weight excluding hydrogens is 306 g/mol. The number of hydrogen-bond acceptors (Lipinski definition) is 4. The molecule has 2 amide bonds. The second kappa shape index (κ2) is 6.62. The van der Waals surface area contributed by atoms with Crippen molar-refractivity contribution in [3.05, 3.63) is 59.7 Å². The number of nitrogens with one attached hydrogen (secondary N) is 1. The van der Waals surface area contributed by atoms with E-state index in [4.69, 9.17) is 10.5 Å². The Morgan fingerprint density at radius 3 is 2.58 bits per heavy atom. The number of fused-ring (bicyclic) bond motifs is 1. The normalized spacial score (nSPS) is 16.3. The maximum Gasteiger partial charge on any atom is 0.255 e. The van der Waals surface area contributed by atoms with E-state index in [1.54, 1.807) is 17.0 Å². The van der Waals surface area contributed by atoms with Gasteiger partial charge < -0.3 is 20.7 Å². The van der Waals surface area contributed by atoms with Crippen LogP contribution in [0.1, 0.15) is 29.0 Å². The summed E-state index contributed by atoms with van der Waals surface area (Å²) in [6, 6.07) is 14.6. The monoisotopic (exact) mass is 325 g/mol. The topological polar surface area (TPSA) is 84.7 Å². The SMILES string of the molecule is CCOc1ccc([C@H]2NC(=O)c3ccccc3N2CC(N)=O)cc1. The lowest BCUT2D eigenvalue weighted by atomic mass is 10.0. The number of para-hydroxylation sites is 1. The summed E-state index contributed by atoms with van der Waals surface area (Å²) in [4.78, 5) is 25.7. The summed E-state index contributed by atoms with van der Waals surface area (Å²) in [5.74, 6) is 0.118. The Balaban J connectivity index is 1.99. The third kappa shape index (κ3) is 3.03. The molecule has 0 aliphatic carbocycles. The third-order valence-corrected chi connectivity index (χ3v) is 3.87. The molecule has 3 rings (SSSR count). The summed E-state index contributed by atoms with van der Waals surface area (Å²) in [5, 5.41) is 2.93.